The van der Waals surface area contributed by atoms with Crippen LogP contribution in [0.1, 0.15) is 17.5 Å². The monoisotopic (exact) mass is 284 g/mol. The van der Waals surface area contributed by atoms with Crippen LogP contribution >= 0.6 is 0 Å². The minimum Gasteiger partial charge on any atom is -0.411 e. The number of carbonyl (C=O) groups is 1. The summed E-state index contributed by atoms with van der Waals surface area (Å²) >= 11 is 0. The van der Waals surface area contributed by atoms with E-state index in [0.717, 1.165) is 11.1 Å². The van der Waals surface area contributed by atoms with Gasteiger partial charge in [-0.3, -0.25) is 4.79 Å². The number of benzene rings is 1. The molecule has 1 aromatic heterocycles. The first-order chi connectivity index (χ1) is 10.3. The SMILES string of the molecule is O=C(CC[n+]1cccc(/C=N/O)c1)NCc1ccccc1. The Balaban J connectivity index is 1.80. The zero-order valence-corrected chi connectivity index (χ0v) is 11.6. The summed E-state index contributed by atoms with van der Waals surface area (Å²) in [5, 5.41) is 14.4. The van der Waals surface area contributed by atoms with E-state index >= 15 is 0 Å². The van der Waals surface area contributed by atoms with Crippen molar-refractivity contribution in [3.05, 3.63) is 66.0 Å². The number of rotatable bonds is 6. The average Bonchev–Trinajstić information content (AvgIpc) is 2.53. The lowest BCUT2D eigenvalue weighted by Gasteiger charge is -2.04. The number of aromatic nitrogens is 1. The van der Waals surface area contributed by atoms with Gasteiger partial charge in [-0.05, 0) is 11.6 Å². The summed E-state index contributed by atoms with van der Waals surface area (Å²) in [7, 11) is 0. The van der Waals surface area contributed by atoms with E-state index in [1.165, 1.54) is 6.21 Å². The van der Waals surface area contributed by atoms with Gasteiger partial charge in [0, 0.05) is 12.6 Å². The second-order valence-corrected chi connectivity index (χ2v) is 4.63. The van der Waals surface area contributed by atoms with Crippen molar-refractivity contribution in [1.29, 1.82) is 0 Å². The molecule has 5 nitrogen and oxygen atoms in total. The zero-order chi connectivity index (χ0) is 14.9. The van der Waals surface area contributed by atoms with E-state index in [0.29, 0.717) is 19.5 Å². The number of nitrogens with zero attached hydrogens (tertiary/aromatic N) is 2. The highest BCUT2D eigenvalue weighted by molar-refractivity contribution is 5.78. The van der Waals surface area contributed by atoms with Crippen molar-refractivity contribution in [3.63, 3.8) is 0 Å². The highest BCUT2D eigenvalue weighted by Crippen LogP contribution is 1.97. The van der Waals surface area contributed by atoms with Gasteiger partial charge in [0.2, 0.25) is 5.91 Å². The van der Waals surface area contributed by atoms with E-state index in [4.69, 9.17) is 5.21 Å². The molecular weight excluding hydrogens is 266 g/mol. The van der Waals surface area contributed by atoms with Crippen LogP contribution in [0.5, 0.6) is 0 Å². The molecule has 0 saturated carbocycles. The van der Waals surface area contributed by atoms with Crippen LogP contribution in [-0.4, -0.2) is 17.3 Å². The second kappa shape index (κ2) is 7.79. The number of nitrogens with one attached hydrogen (secondary N) is 1. The number of oxime groups is 1. The lowest BCUT2D eigenvalue weighted by atomic mass is 10.2. The first kappa shape index (κ1) is 14.7. The molecular formula is C16H18N3O2+. The number of hydrogen-bond acceptors (Lipinski definition) is 3. The van der Waals surface area contributed by atoms with Crippen molar-refractivity contribution >= 4 is 12.1 Å². The summed E-state index contributed by atoms with van der Waals surface area (Å²) in [4.78, 5) is 11.8. The Morgan fingerprint density at radius 2 is 2.05 bits per heavy atom. The summed E-state index contributed by atoms with van der Waals surface area (Å²) in [5.41, 5.74) is 1.87. The lowest BCUT2D eigenvalue weighted by Crippen LogP contribution is -2.36. The Morgan fingerprint density at radius 1 is 1.24 bits per heavy atom. The van der Waals surface area contributed by atoms with E-state index < -0.39 is 0 Å². The van der Waals surface area contributed by atoms with Gasteiger partial charge in [-0.1, -0.05) is 35.5 Å². The molecule has 0 atom stereocenters. The van der Waals surface area contributed by atoms with Crippen molar-refractivity contribution in [2.75, 3.05) is 0 Å². The van der Waals surface area contributed by atoms with Crippen molar-refractivity contribution < 1.29 is 14.6 Å². The Hall–Kier alpha value is -2.69. The minimum atomic E-state index is 0.00702. The third-order valence-electron chi connectivity index (χ3n) is 3.02. The van der Waals surface area contributed by atoms with E-state index in [1.54, 1.807) is 0 Å². The van der Waals surface area contributed by atoms with E-state index in [2.05, 4.69) is 10.5 Å². The lowest BCUT2D eigenvalue weighted by molar-refractivity contribution is -0.695. The third kappa shape index (κ3) is 5.06. The molecule has 108 valence electrons. The normalized spacial score (nSPS) is 10.7. The fraction of sp³-hybridized carbons (Fsp3) is 0.188. The van der Waals surface area contributed by atoms with Crippen LogP contribution in [0, 0.1) is 0 Å². The largest absolute Gasteiger partial charge is 0.411 e. The van der Waals surface area contributed by atoms with Crippen molar-refractivity contribution in [3.8, 4) is 0 Å². The molecule has 0 aliphatic carbocycles. The van der Waals surface area contributed by atoms with Gasteiger partial charge in [-0.25, -0.2) is 4.57 Å². The van der Waals surface area contributed by atoms with Crippen LogP contribution in [-0.2, 0) is 17.9 Å². The van der Waals surface area contributed by atoms with Crippen LogP contribution in [0.25, 0.3) is 0 Å². The van der Waals surface area contributed by atoms with Gasteiger partial charge in [0.05, 0.1) is 18.2 Å². The molecule has 21 heavy (non-hydrogen) atoms. The number of aryl methyl sites for hydroxylation is 1. The van der Waals surface area contributed by atoms with Crippen LogP contribution in [0.4, 0.5) is 0 Å². The minimum absolute atomic E-state index is 0.00702. The Bertz CT molecular complexity index is 612. The third-order valence-corrected chi connectivity index (χ3v) is 3.02. The Kier molecular flexibility index (Phi) is 5.46. The van der Waals surface area contributed by atoms with Crippen LogP contribution in [0.2, 0.25) is 0 Å². The Labute approximate surface area is 123 Å². The van der Waals surface area contributed by atoms with E-state index in [9.17, 15) is 4.79 Å². The fourth-order valence-electron chi connectivity index (χ4n) is 1.94. The average molecular weight is 284 g/mol. The summed E-state index contributed by atoms with van der Waals surface area (Å²) in [6.45, 7) is 1.12. The van der Waals surface area contributed by atoms with Gasteiger partial charge in [0.25, 0.3) is 0 Å². The Morgan fingerprint density at radius 3 is 2.81 bits per heavy atom. The molecule has 0 aliphatic rings. The van der Waals surface area contributed by atoms with Crippen molar-refractivity contribution in [2.24, 2.45) is 5.16 Å². The highest BCUT2D eigenvalue weighted by atomic mass is 16.4. The molecule has 2 N–H and O–H groups in total. The fourth-order valence-corrected chi connectivity index (χ4v) is 1.94. The summed E-state index contributed by atoms with van der Waals surface area (Å²) < 4.78 is 1.89. The summed E-state index contributed by atoms with van der Waals surface area (Å²) in [6, 6.07) is 13.5. The van der Waals surface area contributed by atoms with Gasteiger partial charge >= 0.3 is 0 Å². The summed E-state index contributed by atoms with van der Waals surface area (Å²) in [5.74, 6) is 0.00702. The number of carbonyl (C=O) groups excluding carboxylic acids is 1. The maximum atomic E-state index is 11.8. The van der Waals surface area contributed by atoms with Crippen LogP contribution in [0.3, 0.4) is 0 Å². The van der Waals surface area contributed by atoms with E-state index in [-0.39, 0.29) is 5.91 Å². The maximum absolute atomic E-state index is 11.8. The molecule has 5 heteroatoms. The second-order valence-electron chi connectivity index (χ2n) is 4.63. The predicted molar refractivity (Wildman–Crippen MR) is 78.9 cm³/mol. The molecule has 0 radical (unpaired) electrons. The first-order valence-corrected chi connectivity index (χ1v) is 6.75. The molecule has 2 rings (SSSR count). The van der Waals surface area contributed by atoms with Crippen LogP contribution in [0.15, 0.2) is 60.0 Å². The predicted octanol–water partition coefficient (Wildman–Crippen LogP) is 1.49. The zero-order valence-electron chi connectivity index (χ0n) is 11.6. The number of amides is 1. The number of hydrogen-bond donors (Lipinski definition) is 2. The van der Waals surface area contributed by atoms with Gasteiger partial charge in [-0.2, -0.15) is 0 Å². The molecule has 0 fully saturated rings. The highest BCUT2D eigenvalue weighted by Gasteiger charge is 2.07. The molecule has 0 saturated heterocycles. The molecule has 0 spiro atoms. The van der Waals surface area contributed by atoms with E-state index in [1.807, 2.05) is 59.4 Å². The molecule has 1 amide bonds. The quantitative estimate of drug-likeness (QED) is 0.365. The molecule has 0 unspecified atom stereocenters. The molecule has 0 bridgehead atoms. The smallest absolute Gasteiger partial charge is 0.226 e. The molecule has 2 aromatic rings. The van der Waals surface area contributed by atoms with Gasteiger partial charge in [0.15, 0.2) is 18.9 Å². The standard InChI is InChI=1S/C16H17N3O2/c20-16(17-11-14-5-2-1-3-6-14)8-10-19-9-4-7-15(13-19)12-18-21/h1-7,9,12-13H,8,10-11H2,(H-,17,20,21)/p+1/b18-12+. The van der Waals surface area contributed by atoms with Gasteiger partial charge < -0.3 is 10.5 Å². The van der Waals surface area contributed by atoms with Crippen molar-refractivity contribution in [2.45, 2.75) is 19.5 Å². The molecule has 1 heterocycles. The van der Waals surface area contributed by atoms with Crippen molar-refractivity contribution in [1.82, 2.24) is 5.32 Å². The summed E-state index contributed by atoms with van der Waals surface area (Å²) in [6.07, 6.45) is 5.45. The molecule has 0 aliphatic heterocycles. The van der Waals surface area contributed by atoms with Gasteiger partial charge in [0.1, 0.15) is 0 Å². The maximum Gasteiger partial charge on any atom is 0.226 e. The number of pyridine rings is 1. The first-order valence-electron chi connectivity index (χ1n) is 6.75. The van der Waals surface area contributed by atoms with Crippen LogP contribution < -0.4 is 9.88 Å². The topological polar surface area (TPSA) is 65.6 Å². The van der Waals surface area contributed by atoms with Gasteiger partial charge in [-0.15, -0.1) is 0 Å². The molecule has 1 aromatic carbocycles.